The lowest BCUT2D eigenvalue weighted by atomic mass is 9.94. The number of nitrogens with one attached hydrogen (secondary N) is 1. The Morgan fingerprint density at radius 3 is 2.31 bits per heavy atom. The molecular formula is C13H26N2O. The van der Waals surface area contributed by atoms with E-state index in [2.05, 4.69) is 36.0 Å². The summed E-state index contributed by atoms with van der Waals surface area (Å²) in [5.41, 5.74) is 0.0559. The molecular weight excluding hydrogens is 200 g/mol. The molecule has 3 nitrogen and oxygen atoms in total. The molecule has 0 aliphatic carbocycles. The van der Waals surface area contributed by atoms with Gasteiger partial charge in [-0.1, -0.05) is 19.8 Å². The smallest absolute Gasteiger partial charge is 0.0594 e. The summed E-state index contributed by atoms with van der Waals surface area (Å²) in [7, 11) is 1.85. The van der Waals surface area contributed by atoms with Gasteiger partial charge in [0.25, 0.3) is 0 Å². The maximum absolute atomic E-state index is 5.31. The third kappa shape index (κ3) is 6.71. The molecule has 3 heteroatoms. The van der Waals surface area contributed by atoms with Gasteiger partial charge in [-0.25, -0.2) is 0 Å². The first-order valence-corrected chi connectivity index (χ1v) is 6.13. The Kier molecular flexibility index (Phi) is 8.05. The van der Waals surface area contributed by atoms with Crippen LogP contribution in [0, 0.1) is 17.4 Å². The van der Waals surface area contributed by atoms with Crippen LogP contribution >= 0.6 is 0 Å². The summed E-state index contributed by atoms with van der Waals surface area (Å²) < 4.78 is 5.31. The summed E-state index contributed by atoms with van der Waals surface area (Å²) in [4.78, 5) is 2.41. The summed E-state index contributed by atoms with van der Waals surface area (Å²) in [6, 6.07) is 2.92. The van der Waals surface area contributed by atoms with E-state index in [9.17, 15) is 0 Å². The molecule has 0 radical (unpaired) electrons. The second-order valence-corrected chi connectivity index (χ2v) is 4.27. The number of hydrogen-bond acceptors (Lipinski definition) is 3. The zero-order valence-corrected chi connectivity index (χ0v) is 11.4. The molecule has 1 saturated heterocycles. The minimum absolute atomic E-state index is 0.0559. The van der Waals surface area contributed by atoms with Gasteiger partial charge in [0.2, 0.25) is 0 Å². The van der Waals surface area contributed by atoms with Gasteiger partial charge in [0, 0.05) is 38.1 Å². The number of nitrogens with zero attached hydrogens (tertiary/aromatic N) is 1. The molecule has 1 fully saturated rings. The van der Waals surface area contributed by atoms with Crippen molar-refractivity contribution >= 4 is 0 Å². The highest BCUT2D eigenvalue weighted by Gasteiger charge is 2.20. The zero-order chi connectivity index (χ0) is 12.4. The fraction of sp³-hybridized carbons (Fsp3) is 0.846. The molecule has 0 atom stereocenters. The first kappa shape index (κ1) is 15.3. The molecule has 0 bridgehead atoms. The summed E-state index contributed by atoms with van der Waals surface area (Å²) in [5, 5.41) is 2.86. The Morgan fingerprint density at radius 2 is 1.81 bits per heavy atom. The Labute approximate surface area is 101 Å². The molecule has 0 aromatic carbocycles. The lowest BCUT2D eigenvalue weighted by molar-refractivity contribution is 0.0277. The molecule has 0 spiro atoms. The summed E-state index contributed by atoms with van der Waals surface area (Å²) in [6.45, 7) is 13.1. The average Bonchev–Trinajstić information content (AvgIpc) is 2.30. The molecule has 1 rings (SSSR count). The van der Waals surface area contributed by atoms with E-state index in [1.807, 2.05) is 20.9 Å². The van der Waals surface area contributed by atoms with Crippen molar-refractivity contribution in [3.8, 4) is 12.0 Å². The average molecular weight is 226 g/mol. The van der Waals surface area contributed by atoms with Crippen LogP contribution in [-0.4, -0.2) is 44.8 Å². The molecule has 1 aliphatic rings. The molecule has 1 heterocycles. The molecule has 1 aliphatic heterocycles. The lowest BCUT2D eigenvalue weighted by Gasteiger charge is -2.31. The van der Waals surface area contributed by atoms with Gasteiger partial charge in [0.15, 0.2) is 0 Å². The van der Waals surface area contributed by atoms with Crippen LogP contribution in [0.2, 0.25) is 0 Å². The van der Waals surface area contributed by atoms with E-state index < -0.39 is 0 Å². The van der Waals surface area contributed by atoms with Crippen molar-refractivity contribution in [1.82, 2.24) is 10.2 Å². The summed E-state index contributed by atoms with van der Waals surface area (Å²) in [5.74, 6) is 3.21. The van der Waals surface area contributed by atoms with Crippen LogP contribution in [0.1, 0.15) is 27.7 Å². The van der Waals surface area contributed by atoms with Gasteiger partial charge in [0.05, 0.1) is 13.2 Å². The van der Waals surface area contributed by atoms with E-state index >= 15 is 0 Å². The van der Waals surface area contributed by atoms with Gasteiger partial charge in [0.1, 0.15) is 0 Å². The van der Waals surface area contributed by atoms with E-state index in [0.29, 0.717) is 0 Å². The van der Waals surface area contributed by atoms with Crippen molar-refractivity contribution in [2.75, 3.05) is 39.9 Å². The van der Waals surface area contributed by atoms with E-state index in [1.54, 1.807) is 0 Å². The van der Waals surface area contributed by atoms with Crippen LogP contribution in [0.5, 0.6) is 0 Å². The highest BCUT2D eigenvalue weighted by molar-refractivity contribution is 5.08. The Bertz CT molecular complexity index is 222. The van der Waals surface area contributed by atoms with Crippen molar-refractivity contribution < 1.29 is 4.74 Å². The number of rotatable bonds is 2. The molecule has 0 aromatic heterocycles. The van der Waals surface area contributed by atoms with Crippen LogP contribution < -0.4 is 5.32 Å². The van der Waals surface area contributed by atoms with Crippen molar-refractivity contribution in [1.29, 1.82) is 0 Å². The van der Waals surface area contributed by atoms with Crippen LogP contribution in [0.25, 0.3) is 0 Å². The van der Waals surface area contributed by atoms with E-state index in [1.165, 1.54) is 0 Å². The topological polar surface area (TPSA) is 24.5 Å². The van der Waals surface area contributed by atoms with E-state index in [-0.39, 0.29) is 5.41 Å². The molecule has 0 amide bonds. The number of morpholine rings is 1. The zero-order valence-electron chi connectivity index (χ0n) is 11.4. The van der Waals surface area contributed by atoms with Gasteiger partial charge in [-0.3, -0.25) is 4.90 Å². The monoisotopic (exact) mass is 226 g/mol. The maximum atomic E-state index is 5.31. The molecule has 0 saturated carbocycles. The first-order valence-electron chi connectivity index (χ1n) is 6.13. The van der Waals surface area contributed by atoms with Crippen LogP contribution in [0.3, 0.4) is 0 Å². The molecule has 0 aromatic rings. The van der Waals surface area contributed by atoms with Crippen molar-refractivity contribution in [3.05, 3.63) is 0 Å². The second kappa shape index (κ2) is 8.43. The largest absolute Gasteiger partial charge is 0.379 e. The fourth-order valence-electron chi connectivity index (χ4n) is 1.59. The lowest BCUT2D eigenvalue weighted by Crippen LogP contribution is -2.41. The standard InChI is InChI=1S/C11H20N2O.C2H6/c1-11(2,4-5-12-3)10-13-6-8-14-9-7-13;1-2/h12H,6-10H2,1-3H3;1-2H3. The van der Waals surface area contributed by atoms with Crippen LogP contribution in [-0.2, 0) is 4.74 Å². The highest BCUT2D eigenvalue weighted by atomic mass is 16.5. The second-order valence-electron chi connectivity index (χ2n) is 4.27. The van der Waals surface area contributed by atoms with E-state index in [4.69, 9.17) is 4.74 Å². The van der Waals surface area contributed by atoms with Gasteiger partial charge < -0.3 is 10.1 Å². The third-order valence-electron chi connectivity index (χ3n) is 2.25. The highest BCUT2D eigenvalue weighted by Crippen LogP contribution is 2.16. The molecule has 0 unspecified atom stereocenters. The van der Waals surface area contributed by atoms with E-state index in [0.717, 1.165) is 32.8 Å². The number of hydrogen-bond donors (Lipinski definition) is 1. The molecule has 94 valence electrons. The quantitative estimate of drug-likeness (QED) is 0.571. The fourth-order valence-corrected chi connectivity index (χ4v) is 1.59. The van der Waals surface area contributed by atoms with Crippen molar-refractivity contribution in [2.24, 2.45) is 5.41 Å². The Morgan fingerprint density at radius 1 is 1.25 bits per heavy atom. The normalized spacial score (nSPS) is 16.6. The Hall–Kier alpha value is -0.720. The minimum atomic E-state index is 0.0559. The predicted octanol–water partition coefficient (Wildman–Crippen LogP) is 1.55. The first-order chi connectivity index (χ1) is 7.64. The van der Waals surface area contributed by atoms with Crippen molar-refractivity contribution in [3.63, 3.8) is 0 Å². The molecule has 16 heavy (non-hydrogen) atoms. The van der Waals surface area contributed by atoms with Gasteiger partial charge >= 0.3 is 0 Å². The minimum Gasteiger partial charge on any atom is -0.379 e. The maximum Gasteiger partial charge on any atom is 0.0594 e. The van der Waals surface area contributed by atoms with Crippen LogP contribution in [0.4, 0.5) is 0 Å². The summed E-state index contributed by atoms with van der Waals surface area (Å²) in [6.07, 6.45) is 0. The number of ether oxygens (including phenoxy) is 1. The van der Waals surface area contributed by atoms with Crippen LogP contribution in [0.15, 0.2) is 0 Å². The van der Waals surface area contributed by atoms with Gasteiger partial charge in [-0.15, -0.1) is 0 Å². The van der Waals surface area contributed by atoms with Crippen molar-refractivity contribution in [2.45, 2.75) is 27.7 Å². The summed E-state index contributed by atoms with van der Waals surface area (Å²) >= 11 is 0. The van der Waals surface area contributed by atoms with Gasteiger partial charge in [-0.05, 0) is 13.8 Å². The SMILES string of the molecule is CC.CNC#CC(C)(C)CN1CCOCC1. The predicted molar refractivity (Wildman–Crippen MR) is 69.2 cm³/mol. The molecule has 1 N–H and O–H groups in total. The Balaban J connectivity index is 0.00000106. The third-order valence-corrected chi connectivity index (χ3v) is 2.25. The van der Waals surface area contributed by atoms with Gasteiger partial charge in [-0.2, -0.15) is 0 Å².